The Bertz CT molecular complexity index is 346. The fourth-order valence-corrected chi connectivity index (χ4v) is 4.59. The maximum absolute atomic E-state index is 11.0. The van der Waals surface area contributed by atoms with Crippen LogP contribution < -0.4 is 0 Å². The number of carboxylic acid groups (broad SMARTS) is 1. The molecular formula is C29H59NO2. The van der Waals surface area contributed by atoms with Crippen LogP contribution in [0.3, 0.4) is 0 Å². The largest absolute Gasteiger partial charge is 0.481 e. The fourth-order valence-electron chi connectivity index (χ4n) is 4.59. The average molecular weight is 454 g/mol. The Morgan fingerprint density at radius 3 is 1.03 bits per heavy atom. The van der Waals surface area contributed by atoms with Crippen molar-refractivity contribution in [3.8, 4) is 0 Å². The molecule has 32 heavy (non-hydrogen) atoms. The van der Waals surface area contributed by atoms with Gasteiger partial charge in [0.1, 0.15) is 0 Å². The van der Waals surface area contributed by atoms with Crippen molar-refractivity contribution in [1.82, 2.24) is 4.90 Å². The summed E-state index contributed by atoms with van der Waals surface area (Å²) in [6.07, 6.45) is 30.4. The Morgan fingerprint density at radius 1 is 0.469 bits per heavy atom. The molecule has 3 nitrogen and oxygen atoms in total. The van der Waals surface area contributed by atoms with E-state index in [1.807, 2.05) is 0 Å². The summed E-state index contributed by atoms with van der Waals surface area (Å²) >= 11 is 0. The van der Waals surface area contributed by atoms with Gasteiger partial charge in [0, 0.05) is 6.54 Å². The van der Waals surface area contributed by atoms with E-state index in [9.17, 15) is 4.79 Å². The van der Waals surface area contributed by atoms with Crippen molar-refractivity contribution in [2.24, 2.45) is 0 Å². The maximum Gasteiger partial charge on any atom is 0.304 e. The molecule has 192 valence electrons. The van der Waals surface area contributed by atoms with Gasteiger partial charge in [-0.15, -0.1) is 0 Å². The van der Waals surface area contributed by atoms with Gasteiger partial charge in [0.15, 0.2) is 0 Å². The molecule has 0 bridgehead atoms. The molecule has 0 saturated heterocycles. The number of carbonyl (C=O) groups is 1. The third kappa shape index (κ3) is 25.7. The first-order valence-corrected chi connectivity index (χ1v) is 14.6. The van der Waals surface area contributed by atoms with Crippen LogP contribution in [-0.4, -0.2) is 35.6 Å². The minimum absolute atomic E-state index is 0.288. The summed E-state index contributed by atoms with van der Waals surface area (Å²) in [4.78, 5) is 13.4. The summed E-state index contributed by atoms with van der Waals surface area (Å²) in [5.41, 5.74) is 0. The second kappa shape index (κ2) is 26.7. The third-order valence-corrected chi connectivity index (χ3v) is 6.80. The Balaban J connectivity index is 3.63. The van der Waals surface area contributed by atoms with Crippen LogP contribution >= 0.6 is 0 Å². The highest BCUT2D eigenvalue weighted by molar-refractivity contribution is 5.66. The highest BCUT2D eigenvalue weighted by Gasteiger charge is 2.07. The predicted octanol–water partition coefficient (Wildman–Crippen LogP) is 9.39. The van der Waals surface area contributed by atoms with E-state index in [4.69, 9.17) is 5.11 Å². The van der Waals surface area contributed by atoms with E-state index >= 15 is 0 Å². The first-order chi connectivity index (χ1) is 15.7. The van der Waals surface area contributed by atoms with Crippen molar-refractivity contribution in [2.45, 2.75) is 162 Å². The Morgan fingerprint density at radius 2 is 0.750 bits per heavy atom. The second-order valence-electron chi connectivity index (χ2n) is 10.1. The molecule has 0 atom stereocenters. The number of rotatable bonds is 27. The predicted molar refractivity (Wildman–Crippen MR) is 142 cm³/mol. The Labute approximate surface area is 202 Å². The quantitative estimate of drug-likeness (QED) is 0.126. The molecule has 0 radical (unpaired) electrons. The minimum atomic E-state index is -0.659. The first kappa shape index (κ1) is 31.4. The van der Waals surface area contributed by atoms with Crippen LogP contribution in [-0.2, 0) is 4.79 Å². The van der Waals surface area contributed by atoms with Gasteiger partial charge in [-0.1, -0.05) is 142 Å². The van der Waals surface area contributed by atoms with E-state index in [1.165, 1.54) is 141 Å². The van der Waals surface area contributed by atoms with Crippen LogP contribution in [0.2, 0.25) is 0 Å². The molecule has 1 N–H and O–H groups in total. The molecule has 0 fully saturated rings. The van der Waals surface area contributed by atoms with E-state index in [0.717, 1.165) is 19.6 Å². The summed E-state index contributed by atoms with van der Waals surface area (Å²) in [7, 11) is 0. The van der Waals surface area contributed by atoms with Gasteiger partial charge in [0.25, 0.3) is 0 Å². The summed E-state index contributed by atoms with van der Waals surface area (Å²) in [6, 6.07) is 0. The molecule has 0 amide bonds. The lowest BCUT2D eigenvalue weighted by molar-refractivity contribution is -0.137. The SMILES string of the molecule is CCCCCCCCCCCCCN(CCCCCCCCCCCCC)CCC(=O)O. The van der Waals surface area contributed by atoms with Crippen molar-refractivity contribution in [2.75, 3.05) is 19.6 Å². The highest BCUT2D eigenvalue weighted by atomic mass is 16.4. The number of aliphatic carboxylic acids is 1. The van der Waals surface area contributed by atoms with Gasteiger partial charge in [0.05, 0.1) is 6.42 Å². The fraction of sp³-hybridized carbons (Fsp3) is 0.966. The molecule has 0 aliphatic rings. The lowest BCUT2D eigenvalue weighted by atomic mass is 10.1. The molecular weight excluding hydrogens is 394 g/mol. The van der Waals surface area contributed by atoms with Gasteiger partial charge in [-0.3, -0.25) is 4.79 Å². The van der Waals surface area contributed by atoms with Crippen molar-refractivity contribution in [1.29, 1.82) is 0 Å². The Hall–Kier alpha value is -0.570. The third-order valence-electron chi connectivity index (χ3n) is 6.80. The van der Waals surface area contributed by atoms with Gasteiger partial charge < -0.3 is 10.0 Å². The lowest BCUT2D eigenvalue weighted by Gasteiger charge is -2.21. The van der Waals surface area contributed by atoms with E-state index < -0.39 is 5.97 Å². The van der Waals surface area contributed by atoms with Crippen LogP contribution in [0.5, 0.6) is 0 Å². The zero-order chi connectivity index (χ0) is 23.5. The molecule has 0 aliphatic heterocycles. The number of unbranched alkanes of at least 4 members (excludes halogenated alkanes) is 20. The van der Waals surface area contributed by atoms with Crippen LogP contribution in [0.1, 0.15) is 162 Å². The van der Waals surface area contributed by atoms with Gasteiger partial charge in [0.2, 0.25) is 0 Å². The number of carboxylic acids is 1. The second-order valence-corrected chi connectivity index (χ2v) is 10.1. The molecule has 0 aliphatic carbocycles. The van der Waals surface area contributed by atoms with Crippen molar-refractivity contribution >= 4 is 5.97 Å². The van der Waals surface area contributed by atoms with Gasteiger partial charge in [-0.2, -0.15) is 0 Å². The van der Waals surface area contributed by atoms with Crippen LogP contribution in [0, 0.1) is 0 Å². The summed E-state index contributed by atoms with van der Waals surface area (Å²) in [5.74, 6) is -0.659. The maximum atomic E-state index is 11.0. The Kier molecular flexibility index (Phi) is 26.2. The molecule has 0 heterocycles. The molecule has 0 saturated carbocycles. The molecule has 0 spiro atoms. The molecule has 3 heteroatoms. The molecule has 0 unspecified atom stereocenters. The lowest BCUT2D eigenvalue weighted by Crippen LogP contribution is -2.28. The monoisotopic (exact) mass is 453 g/mol. The van der Waals surface area contributed by atoms with Gasteiger partial charge in [-0.05, 0) is 25.9 Å². The normalized spacial score (nSPS) is 11.5. The number of nitrogens with zero attached hydrogens (tertiary/aromatic N) is 1. The summed E-state index contributed by atoms with van der Waals surface area (Å²) in [6.45, 7) is 7.45. The van der Waals surface area contributed by atoms with E-state index in [0.29, 0.717) is 0 Å². The van der Waals surface area contributed by atoms with Crippen molar-refractivity contribution in [3.05, 3.63) is 0 Å². The van der Waals surface area contributed by atoms with E-state index in [-0.39, 0.29) is 6.42 Å². The molecule has 0 rings (SSSR count). The zero-order valence-electron chi connectivity index (χ0n) is 22.2. The number of hydrogen-bond donors (Lipinski definition) is 1. The van der Waals surface area contributed by atoms with E-state index in [1.54, 1.807) is 0 Å². The van der Waals surface area contributed by atoms with Crippen LogP contribution in [0.25, 0.3) is 0 Å². The number of hydrogen-bond acceptors (Lipinski definition) is 2. The smallest absolute Gasteiger partial charge is 0.304 e. The summed E-state index contributed by atoms with van der Waals surface area (Å²) < 4.78 is 0. The first-order valence-electron chi connectivity index (χ1n) is 14.6. The molecule has 0 aromatic carbocycles. The van der Waals surface area contributed by atoms with Crippen molar-refractivity contribution < 1.29 is 9.90 Å². The minimum Gasteiger partial charge on any atom is -0.481 e. The highest BCUT2D eigenvalue weighted by Crippen LogP contribution is 2.13. The molecule has 0 aromatic rings. The van der Waals surface area contributed by atoms with E-state index in [2.05, 4.69) is 18.7 Å². The zero-order valence-corrected chi connectivity index (χ0v) is 22.2. The van der Waals surface area contributed by atoms with Crippen molar-refractivity contribution in [3.63, 3.8) is 0 Å². The standard InChI is InChI=1S/C29H59NO2/c1-3-5-7-9-11-13-15-17-19-21-23-26-30(28-25-29(31)32)27-24-22-20-18-16-14-12-10-8-6-4-2/h3-28H2,1-2H3,(H,31,32). The average Bonchev–Trinajstić information content (AvgIpc) is 2.78. The summed E-state index contributed by atoms with van der Waals surface area (Å²) in [5, 5.41) is 9.06. The van der Waals surface area contributed by atoms with Crippen LogP contribution in [0.15, 0.2) is 0 Å². The molecule has 0 aromatic heterocycles. The van der Waals surface area contributed by atoms with Gasteiger partial charge >= 0.3 is 5.97 Å². The van der Waals surface area contributed by atoms with Crippen LogP contribution in [0.4, 0.5) is 0 Å². The topological polar surface area (TPSA) is 40.5 Å². The van der Waals surface area contributed by atoms with Gasteiger partial charge in [-0.25, -0.2) is 0 Å².